The largest absolute Gasteiger partial charge is 0.497 e. The number of nitrogens with two attached hydrogens (primary N) is 1. The van der Waals surface area contributed by atoms with E-state index in [4.69, 9.17) is 15.2 Å². The Morgan fingerprint density at radius 2 is 1.37 bits per heavy atom. The van der Waals surface area contributed by atoms with Gasteiger partial charge in [0, 0.05) is 6.07 Å². The molecule has 0 bridgehead atoms. The van der Waals surface area contributed by atoms with E-state index in [1.54, 1.807) is 14.2 Å². The summed E-state index contributed by atoms with van der Waals surface area (Å²) in [5, 5.41) is 0. The summed E-state index contributed by atoms with van der Waals surface area (Å²) in [4.78, 5) is 0. The maximum absolute atomic E-state index is 6.50. The van der Waals surface area contributed by atoms with Gasteiger partial charge in [0.25, 0.3) is 0 Å². The molecule has 0 radical (unpaired) electrons. The quantitative estimate of drug-likeness (QED) is 0.916. The van der Waals surface area contributed by atoms with Gasteiger partial charge >= 0.3 is 0 Å². The Morgan fingerprint density at radius 3 is 1.84 bits per heavy atom. The third-order valence-corrected chi connectivity index (χ3v) is 3.32. The number of benzene rings is 2. The minimum Gasteiger partial charge on any atom is -0.497 e. The van der Waals surface area contributed by atoms with Crippen LogP contribution in [0.25, 0.3) is 0 Å². The first-order valence-electron chi connectivity index (χ1n) is 6.16. The van der Waals surface area contributed by atoms with Crippen molar-refractivity contribution in [1.29, 1.82) is 0 Å². The van der Waals surface area contributed by atoms with Crippen molar-refractivity contribution < 1.29 is 9.47 Å². The predicted molar refractivity (Wildman–Crippen MR) is 76.6 cm³/mol. The molecule has 2 aromatic carbocycles. The van der Waals surface area contributed by atoms with Crippen LogP contribution in [0.1, 0.15) is 18.1 Å². The molecule has 0 fully saturated rings. The van der Waals surface area contributed by atoms with Crippen LogP contribution < -0.4 is 15.2 Å². The third kappa shape index (κ3) is 2.71. The van der Waals surface area contributed by atoms with Crippen molar-refractivity contribution in [3.63, 3.8) is 0 Å². The molecule has 3 nitrogen and oxygen atoms in total. The van der Waals surface area contributed by atoms with E-state index < -0.39 is 5.54 Å². The summed E-state index contributed by atoms with van der Waals surface area (Å²) in [7, 11) is 3.27. The maximum Gasteiger partial charge on any atom is 0.122 e. The van der Waals surface area contributed by atoms with E-state index in [0.717, 1.165) is 22.6 Å². The van der Waals surface area contributed by atoms with Gasteiger partial charge in [-0.3, -0.25) is 0 Å². The molecule has 2 N–H and O–H groups in total. The second kappa shape index (κ2) is 5.33. The first kappa shape index (κ1) is 13.4. The molecule has 2 aromatic rings. The highest BCUT2D eigenvalue weighted by molar-refractivity contribution is 5.45. The molecule has 1 unspecified atom stereocenters. The molecule has 19 heavy (non-hydrogen) atoms. The lowest BCUT2D eigenvalue weighted by molar-refractivity contribution is 0.391. The van der Waals surface area contributed by atoms with E-state index in [1.165, 1.54) is 0 Å². The highest BCUT2D eigenvalue weighted by atomic mass is 16.5. The molecule has 0 saturated heterocycles. The van der Waals surface area contributed by atoms with Gasteiger partial charge in [-0.25, -0.2) is 0 Å². The minimum atomic E-state index is -0.594. The van der Waals surface area contributed by atoms with Gasteiger partial charge < -0.3 is 15.2 Å². The predicted octanol–water partition coefficient (Wildman–Crippen LogP) is 2.93. The van der Waals surface area contributed by atoms with Crippen LogP contribution in [-0.2, 0) is 5.54 Å². The van der Waals surface area contributed by atoms with Gasteiger partial charge in [0.15, 0.2) is 0 Å². The first-order chi connectivity index (χ1) is 9.07. The van der Waals surface area contributed by atoms with Crippen LogP contribution in [0.4, 0.5) is 0 Å². The van der Waals surface area contributed by atoms with Crippen molar-refractivity contribution >= 4 is 0 Å². The summed E-state index contributed by atoms with van der Waals surface area (Å²) in [5.41, 5.74) is 7.90. The van der Waals surface area contributed by atoms with Crippen molar-refractivity contribution in [3.8, 4) is 11.5 Å². The van der Waals surface area contributed by atoms with Gasteiger partial charge in [0.05, 0.1) is 19.8 Å². The Kier molecular flexibility index (Phi) is 3.76. The van der Waals surface area contributed by atoms with Gasteiger partial charge in [0.2, 0.25) is 0 Å². The first-order valence-corrected chi connectivity index (χ1v) is 6.16. The van der Waals surface area contributed by atoms with E-state index in [0.29, 0.717) is 0 Å². The van der Waals surface area contributed by atoms with Crippen LogP contribution >= 0.6 is 0 Å². The molecule has 3 heteroatoms. The summed E-state index contributed by atoms with van der Waals surface area (Å²) in [6, 6.07) is 15.7. The van der Waals surface area contributed by atoms with Gasteiger partial charge in [0.1, 0.15) is 11.5 Å². The van der Waals surface area contributed by atoms with Crippen LogP contribution in [0, 0.1) is 0 Å². The topological polar surface area (TPSA) is 44.5 Å². The summed E-state index contributed by atoms with van der Waals surface area (Å²) in [5.74, 6) is 1.48. The Hall–Kier alpha value is -2.00. The van der Waals surface area contributed by atoms with E-state index in [2.05, 4.69) is 0 Å². The molecular formula is C16H19NO2. The second-order valence-corrected chi connectivity index (χ2v) is 4.67. The van der Waals surface area contributed by atoms with Crippen LogP contribution in [-0.4, -0.2) is 14.2 Å². The normalized spacial score (nSPS) is 13.7. The molecule has 100 valence electrons. The highest BCUT2D eigenvalue weighted by Gasteiger charge is 2.24. The lowest BCUT2D eigenvalue weighted by Gasteiger charge is -2.26. The number of hydrogen-bond acceptors (Lipinski definition) is 3. The van der Waals surface area contributed by atoms with Gasteiger partial charge in [-0.05, 0) is 30.2 Å². The zero-order valence-corrected chi connectivity index (χ0v) is 11.5. The Bertz CT molecular complexity index is 528. The standard InChI is InChI=1S/C16H19NO2/c1-16(17,12-7-5-4-6-8-12)13-9-14(18-2)11-15(10-13)19-3/h4-11H,17H2,1-3H3. The molecule has 2 rings (SSSR count). The summed E-state index contributed by atoms with van der Waals surface area (Å²) in [6.07, 6.45) is 0. The molecular weight excluding hydrogens is 238 g/mol. The number of ether oxygens (including phenoxy) is 2. The van der Waals surface area contributed by atoms with Gasteiger partial charge in [-0.1, -0.05) is 30.3 Å². The number of hydrogen-bond donors (Lipinski definition) is 1. The van der Waals surface area contributed by atoms with Gasteiger partial charge in [-0.15, -0.1) is 0 Å². The lowest BCUT2D eigenvalue weighted by Crippen LogP contribution is -2.34. The van der Waals surface area contributed by atoms with Crippen LogP contribution in [0.5, 0.6) is 11.5 Å². The molecule has 0 saturated carbocycles. The fraction of sp³-hybridized carbons (Fsp3) is 0.250. The zero-order chi connectivity index (χ0) is 13.9. The molecule has 0 amide bonds. The molecule has 1 atom stereocenters. The molecule has 0 aliphatic heterocycles. The van der Waals surface area contributed by atoms with Gasteiger partial charge in [-0.2, -0.15) is 0 Å². The molecule has 0 aliphatic rings. The minimum absolute atomic E-state index is 0.594. The molecule has 0 spiro atoms. The van der Waals surface area contributed by atoms with Crippen molar-refractivity contribution in [2.75, 3.05) is 14.2 Å². The molecule has 0 heterocycles. The summed E-state index contributed by atoms with van der Waals surface area (Å²) < 4.78 is 10.6. The monoisotopic (exact) mass is 257 g/mol. The Balaban J connectivity index is 2.51. The fourth-order valence-corrected chi connectivity index (χ4v) is 2.06. The smallest absolute Gasteiger partial charge is 0.122 e. The van der Waals surface area contributed by atoms with Crippen molar-refractivity contribution in [3.05, 3.63) is 59.7 Å². The summed E-state index contributed by atoms with van der Waals surface area (Å²) >= 11 is 0. The van der Waals surface area contributed by atoms with Crippen LogP contribution in [0.15, 0.2) is 48.5 Å². The molecule has 0 aliphatic carbocycles. The number of methoxy groups -OCH3 is 2. The SMILES string of the molecule is COc1cc(OC)cc(C(C)(N)c2ccccc2)c1. The van der Waals surface area contributed by atoms with E-state index in [9.17, 15) is 0 Å². The van der Waals surface area contributed by atoms with Crippen molar-refractivity contribution in [2.45, 2.75) is 12.5 Å². The zero-order valence-electron chi connectivity index (χ0n) is 11.5. The fourth-order valence-electron chi connectivity index (χ4n) is 2.06. The summed E-state index contributed by atoms with van der Waals surface area (Å²) in [6.45, 7) is 1.98. The highest BCUT2D eigenvalue weighted by Crippen LogP contribution is 2.32. The Labute approximate surface area is 114 Å². The maximum atomic E-state index is 6.50. The van der Waals surface area contributed by atoms with Crippen molar-refractivity contribution in [1.82, 2.24) is 0 Å². The second-order valence-electron chi connectivity index (χ2n) is 4.67. The van der Waals surface area contributed by atoms with Crippen molar-refractivity contribution in [2.24, 2.45) is 5.73 Å². The lowest BCUT2D eigenvalue weighted by atomic mass is 9.85. The Morgan fingerprint density at radius 1 is 0.842 bits per heavy atom. The van der Waals surface area contributed by atoms with Crippen LogP contribution in [0.2, 0.25) is 0 Å². The van der Waals surface area contributed by atoms with E-state index >= 15 is 0 Å². The third-order valence-electron chi connectivity index (χ3n) is 3.32. The van der Waals surface area contributed by atoms with E-state index in [1.807, 2.05) is 55.5 Å². The van der Waals surface area contributed by atoms with Crippen LogP contribution in [0.3, 0.4) is 0 Å². The average molecular weight is 257 g/mol. The van der Waals surface area contributed by atoms with E-state index in [-0.39, 0.29) is 0 Å². The average Bonchev–Trinajstić information content (AvgIpc) is 2.47. The number of rotatable bonds is 4. The molecule has 0 aromatic heterocycles.